The molecule has 2 N–H and O–H groups in total. The van der Waals surface area contributed by atoms with E-state index in [0.717, 1.165) is 33.4 Å². The maximum atomic E-state index is 13.3. The van der Waals surface area contributed by atoms with Crippen LogP contribution in [0.1, 0.15) is 39.7 Å². The van der Waals surface area contributed by atoms with E-state index in [-0.39, 0.29) is 12.4 Å². The molecule has 0 fully saturated rings. The predicted octanol–water partition coefficient (Wildman–Crippen LogP) is 5.50. The van der Waals surface area contributed by atoms with Gasteiger partial charge in [-0.1, -0.05) is 36.4 Å². The third-order valence-electron chi connectivity index (χ3n) is 5.80. The molecule has 3 aromatic carbocycles. The molecule has 4 rings (SSSR count). The number of carbonyl (C=O) groups excluding carboxylic acids is 2. The van der Waals surface area contributed by atoms with Crippen LogP contribution in [0, 0.1) is 13.8 Å². The van der Waals surface area contributed by atoms with Crippen LogP contribution in [0.25, 0.3) is 22.1 Å². The van der Waals surface area contributed by atoms with E-state index >= 15 is 0 Å². The van der Waals surface area contributed by atoms with Crippen molar-refractivity contribution in [2.24, 2.45) is 5.73 Å². The van der Waals surface area contributed by atoms with Gasteiger partial charge in [-0.15, -0.1) is 0 Å². The summed E-state index contributed by atoms with van der Waals surface area (Å²) in [6.07, 6.45) is 0.0213. The highest BCUT2D eigenvalue weighted by Gasteiger charge is 2.20. The van der Waals surface area contributed by atoms with E-state index in [2.05, 4.69) is 0 Å². The van der Waals surface area contributed by atoms with Gasteiger partial charge in [-0.3, -0.25) is 4.79 Å². The lowest BCUT2D eigenvalue weighted by molar-refractivity contribution is -0.142. The van der Waals surface area contributed by atoms with E-state index in [1.807, 2.05) is 38.1 Å². The van der Waals surface area contributed by atoms with Gasteiger partial charge in [-0.05, 0) is 61.7 Å². The molecule has 4 aromatic rings. The minimum atomic E-state index is -0.521. The number of hydrogen-bond donors (Lipinski definition) is 1. The fourth-order valence-corrected chi connectivity index (χ4v) is 3.91. The molecule has 34 heavy (non-hydrogen) atoms. The first-order chi connectivity index (χ1) is 16.4. The van der Waals surface area contributed by atoms with Crippen molar-refractivity contribution in [1.29, 1.82) is 0 Å². The van der Waals surface area contributed by atoms with Gasteiger partial charge in [0.25, 0.3) is 0 Å². The van der Waals surface area contributed by atoms with Gasteiger partial charge in [0.1, 0.15) is 17.1 Å². The summed E-state index contributed by atoms with van der Waals surface area (Å²) in [4.78, 5) is 25.2. The summed E-state index contributed by atoms with van der Waals surface area (Å²) >= 11 is 0. The lowest BCUT2D eigenvalue weighted by Gasteiger charge is -2.11. The van der Waals surface area contributed by atoms with Crippen LogP contribution in [0.15, 0.2) is 65.1 Å². The van der Waals surface area contributed by atoms with Crippen molar-refractivity contribution in [2.75, 3.05) is 6.61 Å². The van der Waals surface area contributed by atoms with Crippen LogP contribution in [0.2, 0.25) is 0 Å². The third-order valence-corrected chi connectivity index (χ3v) is 5.80. The lowest BCUT2D eigenvalue weighted by atomic mass is 9.97. The van der Waals surface area contributed by atoms with Gasteiger partial charge in [-0.2, -0.15) is 0 Å². The Kier molecular flexibility index (Phi) is 6.80. The van der Waals surface area contributed by atoms with Crippen LogP contribution >= 0.6 is 0 Å². The van der Waals surface area contributed by atoms with Gasteiger partial charge in [0.15, 0.2) is 0 Å². The molecule has 1 aromatic heterocycles. The van der Waals surface area contributed by atoms with Crippen LogP contribution in [-0.2, 0) is 22.5 Å². The van der Waals surface area contributed by atoms with Crippen molar-refractivity contribution in [3.05, 3.63) is 88.7 Å². The number of ether oxygens (including phenoxy) is 2. The van der Waals surface area contributed by atoms with Crippen LogP contribution in [0.3, 0.4) is 0 Å². The summed E-state index contributed by atoms with van der Waals surface area (Å²) in [5.74, 6) is 0.218. The topological polar surface area (TPSA) is 91.8 Å². The summed E-state index contributed by atoms with van der Waals surface area (Å²) in [6, 6.07) is 18.4. The maximum absolute atomic E-state index is 13.3. The van der Waals surface area contributed by atoms with Crippen LogP contribution in [0.4, 0.5) is 0 Å². The zero-order valence-electron chi connectivity index (χ0n) is 19.5. The monoisotopic (exact) mass is 457 g/mol. The highest BCUT2D eigenvalue weighted by molar-refractivity contribution is 6.03. The molecule has 0 saturated carbocycles. The zero-order valence-corrected chi connectivity index (χ0v) is 19.5. The van der Waals surface area contributed by atoms with Crippen LogP contribution < -0.4 is 10.5 Å². The summed E-state index contributed by atoms with van der Waals surface area (Å²) in [5.41, 5.74) is 11.1. The number of carbonyl (C=O) groups is 2. The zero-order chi connectivity index (χ0) is 24.2. The minimum Gasteiger partial charge on any atom is -0.466 e. The molecular weight excluding hydrogens is 430 g/mol. The van der Waals surface area contributed by atoms with E-state index in [0.29, 0.717) is 35.6 Å². The third kappa shape index (κ3) is 4.72. The molecule has 0 radical (unpaired) electrons. The first kappa shape index (κ1) is 23.3. The molecule has 1 heterocycles. The molecule has 0 aliphatic rings. The van der Waals surface area contributed by atoms with Crippen molar-refractivity contribution < 1.29 is 23.5 Å². The molecule has 174 valence electrons. The Morgan fingerprint density at radius 3 is 2.56 bits per heavy atom. The Morgan fingerprint density at radius 2 is 1.79 bits per heavy atom. The molecule has 0 aliphatic carbocycles. The Labute approximate surface area is 198 Å². The van der Waals surface area contributed by atoms with E-state index in [1.165, 1.54) is 0 Å². The quantitative estimate of drug-likeness (QED) is 0.291. The second kappa shape index (κ2) is 9.93. The second-order valence-electron chi connectivity index (χ2n) is 8.07. The number of aryl methyl sites for hydroxylation is 2. The largest absolute Gasteiger partial charge is 0.466 e. The molecule has 0 spiro atoms. The Morgan fingerprint density at radius 1 is 1.00 bits per heavy atom. The maximum Gasteiger partial charge on any atom is 0.343 e. The average molecular weight is 458 g/mol. The molecule has 0 saturated heterocycles. The normalized spacial score (nSPS) is 10.9. The Hall–Kier alpha value is -3.90. The number of fused-ring (bicyclic) bond motifs is 1. The van der Waals surface area contributed by atoms with E-state index in [9.17, 15) is 9.59 Å². The second-order valence-corrected chi connectivity index (χ2v) is 8.07. The smallest absolute Gasteiger partial charge is 0.343 e. The van der Waals surface area contributed by atoms with Gasteiger partial charge in [0, 0.05) is 23.1 Å². The standard InChI is InChI=1S/C28H27NO5/c1-4-32-26(30)15-21-9-5-6-11-25(21)34-28(31)22-13-23-17(2)18(3)33-27(23)24(14-22)20-10-7-8-19(12-20)16-29/h5-14H,4,15-16,29H2,1-3H3. The molecule has 0 atom stereocenters. The minimum absolute atomic E-state index is 0.0213. The van der Waals surface area contributed by atoms with Gasteiger partial charge in [0.05, 0.1) is 18.6 Å². The van der Waals surface area contributed by atoms with Gasteiger partial charge in [0.2, 0.25) is 0 Å². The Bertz CT molecular complexity index is 1370. The molecule has 6 heteroatoms. The lowest BCUT2D eigenvalue weighted by Crippen LogP contribution is -2.13. The fraction of sp³-hybridized carbons (Fsp3) is 0.214. The predicted molar refractivity (Wildman–Crippen MR) is 131 cm³/mol. The van der Waals surface area contributed by atoms with Gasteiger partial charge < -0.3 is 19.6 Å². The molecule has 6 nitrogen and oxygen atoms in total. The molecule has 0 unspecified atom stereocenters. The number of esters is 2. The van der Waals surface area contributed by atoms with Crippen molar-refractivity contribution in [3.8, 4) is 16.9 Å². The van der Waals surface area contributed by atoms with Gasteiger partial charge in [-0.25, -0.2) is 4.79 Å². The molecule has 0 aliphatic heterocycles. The van der Waals surface area contributed by atoms with Crippen molar-refractivity contribution in [3.63, 3.8) is 0 Å². The van der Waals surface area contributed by atoms with Crippen LogP contribution in [0.5, 0.6) is 5.75 Å². The SMILES string of the molecule is CCOC(=O)Cc1ccccc1OC(=O)c1cc(-c2cccc(CN)c2)c2oc(C)c(C)c2c1. The van der Waals surface area contributed by atoms with E-state index < -0.39 is 5.97 Å². The van der Waals surface area contributed by atoms with E-state index in [4.69, 9.17) is 19.6 Å². The average Bonchev–Trinajstić information content (AvgIpc) is 3.13. The number of benzene rings is 3. The number of rotatable bonds is 7. The van der Waals surface area contributed by atoms with Gasteiger partial charge >= 0.3 is 11.9 Å². The highest BCUT2D eigenvalue weighted by atomic mass is 16.5. The van der Waals surface area contributed by atoms with Crippen molar-refractivity contribution >= 4 is 22.9 Å². The van der Waals surface area contributed by atoms with E-state index in [1.54, 1.807) is 43.3 Å². The molecule has 0 amide bonds. The highest BCUT2D eigenvalue weighted by Crippen LogP contribution is 2.36. The summed E-state index contributed by atoms with van der Waals surface area (Å²) in [6.45, 7) is 6.31. The number of hydrogen-bond acceptors (Lipinski definition) is 6. The van der Waals surface area contributed by atoms with Crippen molar-refractivity contribution in [1.82, 2.24) is 0 Å². The Balaban J connectivity index is 1.75. The molecular formula is C28H27NO5. The first-order valence-electron chi connectivity index (χ1n) is 11.2. The first-order valence-corrected chi connectivity index (χ1v) is 11.2. The number of nitrogens with two attached hydrogens (primary N) is 1. The number of furan rings is 1. The summed E-state index contributed by atoms with van der Waals surface area (Å²) < 4.78 is 16.8. The van der Waals surface area contributed by atoms with Crippen molar-refractivity contribution in [2.45, 2.75) is 33.7 Å². The van der Waals surface area contributed by atoms with Crippen LogP contribution in [-0.4, -0.2) is 18.5 Å². The fourth-order valence-electron chi connectivity index (χ4n) is 3.91. The summed E-state index contributed by atoms with van der Waals surface area (Å²) in [5, 5.41) is 0.847. The number of para-hydroxylation sites is 1. The molecule has 0 bridgehead atoms. The summed E-state index contributed by atoms with van der Waals surface area (Å²) in [7, 11) is 0.